The van der Waals surface area contributed by atoms with Crippen LogP contribution in [0.2, 0.25) is 0 Å². The van der Waals surface area contributed by atoms with Crippen LogP contribution >= 0.6 is 11.3 Å². The molecule has 0 radical (unpaired) electrons. The molecule has 1 N–H and O–H groups in total. The number of carbonyl (C=O) groups is 2. The number of hydrogen-bond acceptors (Lipinski definition) is 3. The maximum absolute atomic E-state index is 12.5. The molecular formula is C14H19NO3S. The Bertz CT molecular complexity index is 469. The molecule has 1 aromatic heterocycles. The Hall–Kier alpha value is -1.36. The zero-order valence-electron chi connectivity index (χ0n) is 11.1. The van der Waals surface area contributed by atoms with E-state index >= 15 is 0 Å². The lowest BCUT2D eigenvalue weighted by Gasteiger charge is -2.35. The van der Waals surface area contributed by atoms with Crippen molar-refractivity contribution in [1.29, 1.82) is 0 Å². The van der Waals surface area contributed by atoms with E-state index in [1.165, 1.54) is 11.3 Å². The number of carbonyl (C=O) groups excluding carboxylic acids is 1. The third-order valence-corrected chi connectivity index (χ3v) is 4.52. The summed E-state index contributed by atoms with van der Waals surface area (Å²) in [6.07, 6.45) is 3.71. The molecular weight excluding hydrogens is 262 g/mol. The summed E-state index contributed by atoms with van der Waals surface area (Å²) in [7, 11) is 0. The van der Waals surface area contributed by atoms with Gasteiger partial charge in [0.1, 0.15) is 0 Å². The lowest BCUT2D eigenvalue weighted by atomic mass is 9.97. The normalized spacial score (nSPS) is 19.4. The summed E-state index contributed by atoms with van der Waals surface area (Å²) in [5.41, 5.74) is 0. The van der Waals surface area contributed by atoms with Crippen LogP contribution in [0.25, 0.3) is 0 Å². The highest BCUT2D eigenvalue weighted by Crippen LogP contribution is 2.25. The van der Waals surface area contributed by atoms with E-state index in [4.69, 9.17) is 5.11 Å². The van der Waals surface area contributed by atoms with Crippen LogP contribution in [0.5, 0.6) is 0 Å². The second-order valence-electron chi connectivity index (χ2n) is 4.99. The molecule has 1 atom stereocenters. The number of rotatable bonds is 4. The Labute approximate surface area is 117 Å². The molecule has 19 heavy (non-hydrogen) atoms. The van der Waals surface area contributed by atoms with Gasteiger partial charge in [0.15, 0.2) is 0 Å². The molecule has 1 aliphatic heterocycles. The Morgan fingerprint density at radius 1 is 1.42 bits per heavy atom. The summed E-state index contributed by atoms with van der Waals surface area (Å²) >= 11 is 1.51. The molecule has 0 spiro atoms. The quantitative estimate of drug-likeness (QED) is 0.923. The second-order valence-corrected chi connectivity index (χ2v) is 6.28. The van der Waals surface area contributed by atoms with Gasteiger partial charge >= 0.3 is 5.97 Å². The van der Waals surface area contributed by atoms with E-state index in [-0.39, 0.29) is 18.4 Å². The van der Waals surface area contributed by atoms with E-state index in [1.54, 1.807) is 0 Å². The van der Waals surface area contributed by atoms with E-state index in [1.807, 2.05) is 24.0 Å². The molecule has 2 heterocycles. The molecule has 1 amide bonds. The summed E-state index contributed by atoms with van der Waals surface area (Å²) in [5.74, 6) is -0.724. The fourth-order valence-corrected chi connectivity index (χ4v) is 3.37. The summed E-state index contributed by atoms with van der Waals surface area (Å²) in [5, 5.41) is 8.79. The number of likely N-dealkylation sites (tertiary alicyclic amines) is 1. The average molecular weight is 281 g/mol. The van der Waals surface area contributed by atoms with Crippen molar-refractivity contribution in [2.24, 2.45) is 0 Å². The first-order valence-electron chi connectivity index (χ1n) is 6.67. The van der Waals surface area contributed by atoms with Gasteiger partial charge in [-0.1, -0.05) is 0 Å². The van der Waals surface area contributed by atoms with Crippen molar-refractivity contribution in [3.8, 4) is 0 Å². The lowest BCUT2D eigenvalue weighted by molar-refractivity contribution is -0.137. The Balaban J connectivity index is 2.06. The topological polar surface area (TPSA) is 57.6 Å². The number of nitrogens with zero attached hydrogens (tertiary/aromatic N) is 1. The van der Waals surface area contributed by atoms with Crippen LogP contribution < -0.4 is 0 Å². The van der Waals surface area contributed by atoms with Crippen LogP contribution in [-0.4, -0.2) is 34.5 Å². The Morgan fingerprint density at radius 3 is 2.84 bits per heavy atom. The monoisotopic (exact) mass is 281 g/mol. The summed E-state index contributed by atoms with van der Waals surface area (Å²) in [4.78, 5) is 26.9. The first kappa shape index (κ1) is 14.1. The number of aryl methyl sites for hydroxylation is 1. The second kappa shape index (κ2) is 6.19. The van der Waals surface area contributed by atoms with Gasteiger partial charge in [-0.25, -0.2) is 0 Å². The maximum atomic E-state index is 12.5. The molecule has 0 unspecified atom stereocenters. The van der Waals surface area contributed by atoms with E-state index in [0.29, 0.717) is 6.42 Å². The Morgan fingerprint density at radius 2 is 2.21 bits per heavy atom. The van der Waals surface area contributed by atoms with Crippen molar-refractivity contribution in [3.63, 3.8) is 0 Å². The number of piperidine rings is 1. The molecule has 2 rings (SSSR count). The summed E-state index contributed by atoms with van der Waals surface area (Å²) in [6.45, 7) is 2.74. The highest BCUT2D eigenvalue weighted by molar-refractivity contribution is 7.13. The fourth-order valence-electron chi connectivity index (χ4n) is 2.55. The first-order chi connectivity index (χ1) is 9.08. The van der Waals surface area contributed by atoms with Crippen LogP contribution in [0.3, 0.4) is 0 Å². The number of amides is 1. The molecule has 1 aromatic rings. The van der Waals surface area contributed by atoms with Gasteiger partial charge in [0, 0.05) is 23.9 Å². The van der Waals surface area contributed by atoms with E-state index in [9.17, 15) is 9.59 Å². The molecule has 104 valence electrons. The highest BCUT2D eigenvalue weighted by atomic mass is 32.1. The third kappa shape index (κ3) is 3.56. The van der Waals surface area contributed by atoms with Crippen molar-refractivity contribution < 1.29 is 14.7 Å². The van der Waals surface area contributed by atoms with Crippen LogP contribution in [0.1, 0.15) is 46.7 Å². The van der Waals surface area contributed by atoms with Crippen molar-refractivity contribution >= 4 is 23.2 Å². The van der Waals surface area contributed by atoms with Crippen molar-refractivity contribution in [3.05, 3.63) is 21.9 Å². The number of carboxylic acids is 1. The van der Waals surface area contributed by atoms with Gasteiger partial charge in [-0.2, -0.15) is 0 Å². The van der Waals surface area contributed by atoms with E-state index in [0.717, 1.165) is 35.6 Å². The third-order valence-electron chi connectivity index (χ3n) is 3.53. The fraction of sp³-hybridized carbons (Fsp3) is 0.571. The van der Waals surface area contributed by atoms with Gasteiger partial charge in [-0.3, -0.25) is 9.59 Å². The number of aliphatic carboxylic acids is 1. The van der Waals surface area contributed by atoms with E-state index in [2.05, 4.69) is 0 Å². The minimum atomic E-state index is -0.787. The largest absolute Gasteiger partial charge is 0.481 e. The number of thiophene rings is 1. The molecule has 5 heteroatoms. The molecule has 0 saturated carbocycles. The van der Waals surface area contributed by atoms with Crippen molar-refractivity contribution in [2.45, 2.75) is 45.1 Å². The predicted octanol–water partition coefficient (Wildman–Crippen LogP) is 2.92. The SMILES string of the molecule is Cc1ccc(C(=O)N2CCCC[C@@H]2CCC(=O)O)s1. The molecule has 1 saturated heterocycles. The minimum absolute atomic E-state index is 0.0631. The molecule has 1 fully saturated rings. The molecule has 0 bridgehead atoms. The molecule has 0 aliphatic carbocycles. The van der Waals surface area contributed by atoms with Gasteiger partial charge in [0.25, 0.3) is 5.91 Å². The average Bonchev–Trinajstić information content (AvgIpc) is 2.82. The summed E-state index contributed by atoms with van der Waals surface area (Å²) < 4.78 is 0. The predicted molar refractivity (Wildman–Crippen MR) is 74.6 cm³/mol. The smallest absolute Gasteiger partial charge is 0.303 e. The lowest BCUT2D eigenvalue weighted by Crippen LogP contribution is -2.43. The van der Waals surface area contributed by atoms with E-state index < -0.39 is 5.97 Å². The summed E-state index contributed by atoms with van der Waals surface area (Å²) in [6, 6.07) is 3.90. The molecule has 4 nitrogen and oxygen atoms in total. The van der Waals surface area contributed by atoms with Crippen LogP contribution in [0.4, 0.5) is 0 Å². The van der Waals surface area contributed by atoms with Gasteiger partial charge in [-0.15, -0.1) is 11.3 Å². The Kier molecular flexibility index (Phi) is 4.58. The molecule has 1 aliphatic rings. The first-order valence-corrected chi connectivity index (χ1v) is 7.49. The van der Waals surface area contributed by atoms with Crippen LogP contribution in [0.15, 0.2) is 12.1 Å². The zero-order chi connectivity index (χ0) is 13.8. The maximum Gasteiger partial charge on any atom is 0.303 e. The van der Waals surface area contributed by atoms with Gasteiger partial charge in [0.05, 0.1) is 4.88 Å². The van der Waals surface area contributed by atoms with Gasteiger partial charge in [-0.05, 0) is 44.7 Å². The van der Waals surface area contributed by atoms with Crippen molar-refractivity contribution in [1.82, 2.24) is 4.90 Å². The van der Waals surface area contributed by atoms with Gasteiger partial charge < -0.3 is 10.0 Å². The highest BCUT2D eigenvalue weighted by Gasteiger charge is 2.28. The van der Waals surface area contributed by atoms with Crippen LogP contribution in [-0.2, 0) is 4.79 Å². The minimum Gasteiger partial charge on any atom is -0.481 e. The van der Waals surface area contributed by atoms with Gasteiger partial charge in [0.2, 0.25) is 0 Å². The molecule has 0 aromatic carbocycles. The number of carboxylic acid groups (broad SMARTS) is 1. The van der Waals surface area contributed by atoms with Crippen molar-refractivity contribution in [2.75, 3.05) is 6.54 Å². The zero-order valence-corrected chi connectivity index (χ0v) is 11.9. The standard InChI is InChI=1S/C14H19NO3S/c1-10-5-7-12(19-10)14(18)15-9-3-2-4-11(15)6-8-13(16)17/h5,7,11H,2-4,6,8-9H2,1H3,(H,16,17)/t11-/m1/s1. The number of hydrogen-bond donors (Lipinski definition) is 1. The van der Waals surface area contributed by atoms with Crippen LogP contribution in [0, 0.1) is 6.92 Å².